The number of carbonyl (C=O) groups excluding carboxylic acids is 1. The molecule has 0 aliphatic heterocycles. The van der Waals surface area contributed by atoms with Crippen molar-refractivity contribution in [3.8, 4) is 0 Å². The molecule has 0 aliphatic rings. The third-order valence-corrected chi connectivity index (χ3v) is 8.05. The molecule has 172 valence electrons. The number of halogens is 1. The lowest BCUT2D eigenvalue weighted by Crippen LogP contribution is -2.34. The number of aromatic nitrogens is 3. The van der Waals surface area contributed by atoms with Crippen molar-refractivity contribution in [2.45, 2.75) is 31.2 Å². The largest absolute Gasteiger partial charge is 0.286 e. The highest BCUT2D eigenvalue weighted by atomic mass is 32.2. The van der Waals surface area contributed by atoms with Crippen molar-refractivity contribution < 1.29 is 17.6 Å². The van der Waals surface area contributed by atoms with E-state index in [0.717, 1.165) is 5.56 Å². The van der Waals surface area contributed by atoms with E-state index in [0.29, 0.717) is 16.4 Å². The van der Waals surface area contributed by atoms with Gasteiger partial charge in [-0.05, 0) is 43.7 Å². The van der Waals surface area contributed by atoms with Gasteiger partial charge >= 0.3 is 0 Å². The average Bonchev–Trinajstić information content (AvgIpc) is 3.45. The molecular weight excluding hydrogens is 463 g/mol. The zero-order chi connectivity index (χ0) is 23.4. The number of fused-ring (bicyclic) bond motifs is 1. The monoisotopic (exact) mass is 486 g/mol. The van der Waals surface area contributed by atoms with Crippen molar-refractivity contribution >= 4 is 42.4 Å². The SMILES string of the molecule is Cc1ccc(S(=O)(=O)CCCC(=O)N(CCn2cccn2)c2nc3c(F)cccc3s2)cc1. The van der Waals surface area contributed by atoms with Gasteiger partial charge in [-0.2, -0.15) is 5.10 Å². The minimum absolute atomic E-state index is 0.0304. The number of nitrogens with zero attached hydrogens (tertiary/aromatic N) is 4. The number of sulfone groups is 1. The van der Waals surface area contributed by atoms with Crippen LogP contribution in [-0.4, -0.2) is 41.4 Å². The molecule has 0 atom stereocenters. The standard InChI is InChI=1S/C23H23FN4O3S2/c1-17-8-10-18(11-9-17)33(30,31)16-3-7-21(29)28(15-14-27-13-4-12-25-27)23-26-22-19(24)5-2-6-20(22)32-23/h2,4-6,8-13H,3,7,14-16H2,1H3. The quantitative estimate of drug-likeness (QED) is 0.354. The van der Waals surface area contributed by atoms with Gasteiger partial charge < -0.3 is 0 Å². The molecule has 0 fully saturated rings. The maximum absolute atomic E-state index is 14.2. The first kappa shape index (κ1) is 23.1. The molecule has 10 heteroatoms. The van der Waals surface area contributed by atoms with Gasteiger partial charge in [-0.25, -0.2) is 17.8 Å². The average molecular weight is 487 g/mol. The first-order chi connectivity index (χ1) is 15.8. The van der Waals surface area contributed by atoms with Crippen LogP contribution in [-0.2, 0) is 21.2 Å². The number of aryl methyl sites for hydroxylation is 1. The summed E-state index contributed by atoms with van der Waals surface area (Å²) in [6, 6.07) is 13.1. The van der Waals surface area contributed by atoms with Crippen LogP contribution >= 0.6 is 11.3 Å². The molecule has 0 aliphatic carbocycles. The van der Waals surface area contributed by atoms with Gasteiger partial charge in [0.1, 0.15) is 11.3 Å². The van der Waals surface area contributed by atoms with Crippen LogP contribution in [0.15, 0.2) is 65.8 Å². The van der Waals surface area contributed by atoms with Gasteiger partial charge in [0.15, 0.2) is 15.0 Å². The maximum atomic E-state index is 14.2. The van der Waals surface area contributed by atoms with Crippen molar-refractivity contribution in [1.82, 2.24) is 14.8 Å². The van der Waals surface area contributed by atoms with E-state index in [1.54, 1.807) is 59.5 Å². The number of benzene rings is 2. The first-order valence-electron chi connectivity index (χ1n) is 10.5. The Labute approximate surface area is 195 Å². The van der Waals surface area contributed by atoms with E-state index in [-0.39, 0.29) is 41.5 Å². The van der Waals surface area contributed by atoms with E-state index < -0.39 is 15.7 Å². The molecule has 4 rings (SSSR count). The van der Waals surface area contributed by atoms with Gasteiger partial charge in [0.25, 0.3) is 0 Å². The molecule has 2 aromatic heterocycles. The number of para-hydroxylation sites is 1. The van der Waals surface area contributed by atoms with Gasteiger partial charge in [0.2, 0.25) is 5.91 Å². The Balaban J connectivity index is 1.48. The minimum Gasteiger partial charge on any atom is -0.286 e. The number of carbonyl (C=O) groups is 1. The van der Waals surface area contributed by atoms with E-state index in [4.69, 9.17) is 0 Å². The highest BCUT2D eigenvalue weighted by Gasteiger charge is 2.22. The second kappa shape index (κ2) is 9.80. The molecule has 2 aromatic carbocycles. The second-order valence-electron chi connectivity index (χ2n) is 7.63. The summed E-state index contributed by atoms with van der Waals surface area (Å²) in [6.45, 7) is 2.60. The van der Waals surface area contributed by atoms with E-state index in [1.807, 2.05) is 6.92 Å². The molecule has 0 saturated carbocycles. The van der Waals surface area contributed by atoms with E-state index in [2.05, 4.69) is 10.1 Å². The summed E-state index contributed by atoms with van der Waals surface area (Å²) < 4.78 is 41.7. The Kier molecular flexibility index (Phi) is 6.85. The molecule has 0 N–H and O–H groups in total. The lowest BCUT2D eigenvalue weighted by molar-refractivity contribution is -0.118. The van der Waals surface area contributed by atoms with Crippen LogP contribution in [0.5, 0.6) is 0 Å². The Morgan fingerprint density at radius 3 is 2.64 bits per heavy atom. The van der Waals surface area contributed by atoms with E-state index in [9.17, 15) is 17.6 Å². The van der Waals surface area contributed by atoms with Crippen molar-refractivity contribution in [1.29, 1.82) is 0 Å². The van der Waals surface area contributed by atoms with Crippen LogP contribution in [0, 0.1) is 12.7 Å². The Morgan fingerprint density at radius 2 is 1.94 bits per heavy atom. The number of thiazole rings is 1. The molecule has 33 heavy (non-hydrogen) atoms. The fourth-order valence-corrected chi connectivity index (χ4v) is 5.73. The third-order valence-electron chi connectivity index (χ3n) is 5.19. The fraction of sp³-hybridized carbons (Fsp3) is 0.261. The minimum atomic E-state index is -3.48. The maximum Gasteiger partial charge on any atom is 0.228 e. The number of rotatable bonds is 9. The smallest absolute Gasteiger partial charge is 0.228 e. The molecular formula is C23H23FN4O3S2. The van der Waals surface area contributed by atoms with Crippen molar-refractivity contribution in [2.24, 2.45) is 0 Å². The molecule has 7 nitrogen and oxygen atoms in total. The summed E-state index contributed by atoms with van der Waals surface area (Å²) in [5.74, 6) is -0.845. The number of hydrogen-bond donors (Lipinski definition) is 0. The lowest BCUT2D eigenvalue weighted by atomic mass is 10.2. The molecule has 4 aromatic rings. The van der Waals surface area contributed by atoms with Crippen molar-refractivity contribution in [3.05, 3.63) is 72.3 Å². The molecule has 1 amide bonds. The van der Waals surface area contributed by atoms with Crippen LogP contribution in [0.1, 0.15) is 18.4 Å². The summed E-state index contributed by atoms with van der Waals surface area (Å²) >= 11 is 1.23. The summed E-state index contributed by atoms with van der Waals surface area (Å²) in [6.07, 6.45) is 3.64. The van der Waals surface area contributed by atoms with Gasteiger partial charge in [0, 0.05) is 25.4 Å². The number of anilines is 1. The zero-order valence-electron chi connectivity index (χ0n) is 18.0. The second-order valence-corrected chi connectivity index (χ2v) is 10.8. The van der Waals surface area contributed by atoms with Gasteiger partial charge in [0.05, 0.1) is 21.9 Å². The molecule has 0 radical (unpaired) electrons. The molecule has 2 heterocycles. The van der Waals surface area contributed by atoms with Crippen LogP contribution in [0.4, 0.5) is 9.52 Å². The summed E-state index contributed by atoms with van der Waals surface area (Å²) in [5, 5.41) is 4.54. The number of hydrogen-bond acceptors (Lipinski definition) is 6. The Bertz CT molecular complexity index is 1350. The summed E-state index contributed by atoms with van der Waals surface area (Å²) in [4.78, 5) is 19.2. The zero-order valence-corrected chi connectivity index (χ0v) is 19.7. The van der Waals surface area contributed by atoms with E-state index >= 15 is 0 Å². The summed E-state index contributed by atoms with van der Waals surface area (Å²) in [5.41, 5.74) is 1.19. The van der Waals surface area contributed by atoms with Crippen molar-refractivity contribution in [3.63, 3.8) is 0 Å². The molecule has 0 spiro atoms. The van der Waals surface area contributed by atoms with Crippen LogP contribution in [0.25, 0.3) is 10.2 Å². The highest BCUT2D eigenvalue weighted by Crippen LogP contribution is 2.30. The van der Waals surface area contributed by atoms with Gasteiger partial charge in [-0.1, -0.05) is 35.1 Å². The molecule has 0 saturated heterocycles. The van der Waals surface area contributed by atoms with Crippen LogP contribution < -0.4 is 4.90 Å². The Morgan fingerprint density at radius 1 is 1.15 bits per heavy atom. The fourth-order valence-electron chi connectivity index (χ4n) is 3.39. The van der Waals surface area contributed by atoms with Gasteiger partial charge in [-0.3, -0.25) is 14.4 Å². The molecule has 0 bridgehead atoms. The Hall–Kier alpha value is -3.11. The van der Waals surface area contributed by atoms with E-state index in [1.165, 1.54) is 22.3 Å². The first-order valence-corrected chi connectivity index (χ1v) is 12.9. The lowest BCUT2D eigenvalue weighted by Gasteiger charge is -2.20. The van der Waals surface area contributed by atoms with Crippen LogP contribution in [0.3, 0.4) is 0 Å². The van der Waals surface area contributed by atoms with Crippen molar-refractivity contribution in [2.75, 3.05) is 17.2 Å². The third kappa shape index (κ3) is 5.45. The number of amides is 1. The molecule has 0 unspecified atom stereocenters. The topological polar surface area (TPSA) is 85.2 Å². The van der Waals surface area contributed by atoms with Crippen LogP contribution in [0.2, 0.25) is 0 Å². The summed E-state index contributed by atoms with van der Waals surface area (Å²) in [7, 11) is -3.48. The predicted octanol–water partition coefficient (Wildman–Crippen LogP) is 4.23. The predicted molar refractivity (Wildman–Crippen MR) is 127 cm³/mol. The van der Waals surface area contributed by atoms with Gasteiger partial charge in [-0.15, -0.1) is 0 Å². The normalized spacial score (nSPS) is 11.7. The highest BCUT2D eigenvalue weighted by molar-refractivity contribution is 7.91.